The number of fused-ring (bicyclic) bond motifs is 1. The molecule has 0 bridgehead atoms. The molecule has 154 valence electrons. The van der Waals surface area contributed by atoms with Crippen molar-refractivity contribution in [3.63, 3.8) is 0 Å². The Morgan fingerprint density at radius 3 is 2.50 bits per heavy atom. The van der Waals surface area contributed by atoms with E-state index in [9.17, 15) is 9.59 Å². The molecule has 1 atom stereocenters. The quantitative estimate of drug-likeness (QED) is 0.555. The predicted molar refractivity (Wildman–Crippen MR) is 117 cm³/mol. The van der Waals surface area contributed by atoms with Crippen LogP contribution in [0.1, 0.15) is 39.3 Å². The van der Waals surface area contributed by atoms with Crippen molar-refractivity contribution in [2.75, 3.05) is 18.7 Å². The molecule has 1 aromatic heterocycles. The normalized spacial score (nSPS) is 13.1. The van der Waals surface area contributed by atoms with Crippen molar-refractivity contribution in [2.45, 2.75) is 19.9 Å². The summed E-state index contributed by atoms with van der Waals surface area (Å²) in [5.41, 5.74) is 3.08. The van der Waals surface area contributed by atoms with Gasteiger partial charge >= 0.3 is 0 Å². The van der Waals surface area contributed by atoms with E-state index in [4.69, 9.17) is 9.47 Å². The van der Waals surface area contributed by atoms with Gasteiger partial charge in [0, 0.05) is 16.5 Å². The van der Waals surface area contributed by atoms with Crippen LogP contribution in [0.15, 0.2) is 53.9 Å². The predicted octanol–water partition coefficient (Wildman–Crippen LogP) is 4.31. The maximum Gasteiger partial charge on any atom is 0.238 e. The lowest BCUT2D eigenvalue weighted by molar-refractivity contribution is -0.115. The van der Waals surface area contributed by atoms with Crippen molar-refractivity contribution in [1.29, 1.82) is 0 Å². The highest BCUT2D eigenvalue weighted by molar-refractivity contribution is 7.10. The number of carbonyl (C=O) groups excluding carboxylic acids is 2. The van der Waals surface area contributed by atoms with Crippen molar-refractivity contribution >= 4 is 28.7 Å². The molecule has 1 amide bonds. The van der Waals surface area contributed by atoms with Crippen LogP contribution >= 0.6 is 11.3 Å². The van der Waals surface area contributed by atoms with Gasteiger partial charge in [-0.3, -0.25) is 14.9 Å². The standard InChI is InChI=1S/C23H22N2O4S/c1-14-5-7-16(8-6-14)23(21-4-3-9-30-21)24-12-22(27)25-18-11-20-19(28-13-29-20)10-17(18)15(2)26/h3-11,23-24H,12-13H2,1-2H3,(H,25,27)/t23-/m0/s1. The third-order valence-corrected chi connectivity index (χ3v) is 5.81. The molecule has 1 aliphatic rings. The van der Waals surface area contributed by atoms with E-state index in [1.165, 1.54) is 12.5 Å². The third kappa shape index (κ3) is 4.37. The van der Waals surface area contributed by atoms with Crippen LogP contribution in [-0.2, 0) is 4.79 Å². The molecule has 3 aromatic rings. The van der Waals surface area contributed by atoms with Crippen molar-refractivity contribution in [2.24, 2.45) is 0 Å². The van der Waals surface area contributed by atoms with Gasteiger partial charge in [-0.05, 0) is 36.9 Å². The fourth-order valence-corrected chi connectivity index (χ4v) is 4.15. The van der Waals surface area contributed by atoms with Crippen LogP contribution in [0.3, 0.4) is 0 Å². The molecule has 0 fully saturated rings. The van der Waals surface area contributed by atoms with Crippen LogP contribution < -0.4 is 20.1 Å². The van der Waals surface area contributed by atoms with Gasteiger partial charge in [-0.15, -0.1) is 11.3 Å². The number of Topliss-reactive ketones (excluding diaryl/α,β-unsaturated/α-hetero) is 1. The summed E-state index contributed by atoms with van der Waals surface area (Å²) in [5.74, 6) is 0.616. The first-order valence-corrected chi connectivity index (χ1v) is 10.5. The first-order chi connectivity index (χ1) is 14.5. The highest BCUT2D eigenvalue weighted by Gasteiger charge is 2.21. The molecule has 6 nitrogen and oxygen atoms in total. The summed E-state index contributed by atoms with van der Waals surface area (Å²) in [6.07, 6.45) is 0. The van der Waals surface area contributed by atoms with Gasteiger partial charge in [0.1, 0.15) is 0 Å². The number of aryl methyl sites for hydroxylation is 1. The Morgan fingerprint density at radius 2 is 1.83 bits per heavy atom. The number of anilines is 1. The Balaban J connectivity index is 1.49. The minimum atomic E-state index is -0.245. The number of ether oxygens (including phenoxy) is 2. The number of rotatable bonds is 7. The van der Waals surface area contributed by atoms with Crippen LogP contribution in [0.5, 0.6) is 11.5 Å². The average molecular weight is 423 g/mol. The fraction of sp³-hybridized carbons (Fsp3) is 0.217. The monoisotopic (exact) mass is 422 g/mol. The number of hydrogen-bond acceptors (Lipinski definition) is 6. The van der Waals surface area contributed by atoms with Crippen LogP contribution in [0, 0.1) is 6.92 Å². The van der Waals surface area contributed by atoms with Crippen LogP contribution in [0.25, 0.3) is 0 Å². The first kappa shape index (κ1) is 20.1. The summed E-state index contributed by atoms with van der Waals surface area (Å²) < 4.78 is 10.7. The Morgan fingerprint density at radius 1 is 1.10 bits per heavy atom. The molecule has 1 aliphatic heterocycles. The molecule has 2 heterocycles. The Kier molecular flexibility index (Phi) is 5.83. The summed E-state index contributed by atoms with van der Waals surface area (Å²) in [7, 11) is 0. The SMILES string of the molecule is CC(=O)c1cc2c(cc1NC(=O)CN[C@@H](c1ccc(C)cc1)c1cccs1)OCO2. The Hall–Kier alpha value is -3.16. The number of thiophene rings is 1. The smallest absolute Gasteiger partial charge is 0.238 e. The molecule has 0 saturated carbocycles. The lowest BCUT2D eigenvalue weighted by atomic mass is 10.0. The molecule has 0 radical (unpaired) electrons. The molecular formula is C23H22N2O4S. The first-order valence-electron chi connectivity index (χ1n) is 9.59. The van der Waals surface area contributed by atoms with E-state index in [0.717, 1.165) is 10.4 Å². The lowest BCUT2D eigenvalue weighted by Crippen LogP contribution is -2.32. The highest BCUT2D eigenvalue weighted by atomic mass is 32.1. The van der Waals surface area contributed by atoms with Gasteiger partial charge in [-0.25, -0.2) is 0 Å². The van der Waals surface area contributed by atoms with E-state index in [2.05, 4.69) is 34.9 Å². The molecule has 2 N–H and O–H groups in total. The number of nitrogens with one attached hydrogen (secondary N) is 2. The van der Waals surface area contributed by atoms with E-state index in [1.807, 2.05) is 24.4 Å². The van der Waals surface area contributed by atoms with Gasteiger partial charge in [0.15, 0.2) is 17.3 Å². The van der Waals surface area contributed by atoms with E-state index in [0.29, 0.717) is 22.7 Å². The van der Waals surface area contributed by atoms with E-state index < -0.39 is 0 Å². The fourth-order valence-electron chi connectivity index (χ4n) is 3.32. The zero-order valence-corrected chi connectivity index (χ0v) is 17.5. The zero-order valence-electron chi connectivity index (χ0n) is 16.7. The van der Waals surface area contributed by atoms with E-state index in [1.54, 1.807) is 23.5 Å². The molecule has 0 saturated heterocycles. The molecule has 0 aliphatic carbocycles. The second kappa shape index (κ2) is 8.69. The topological polar surface area (TPSA) is 76.7 Å². The van der Waals surface area contributed by atoms with Gasteiger partial charge < -0.3 is 14.8 Å². The number of amides is 1. The summed E-state index contributed by atoms with van der Waals surface area (Å²) in [6.45, 7) is 3.69. The molecular weight excluding hydrogens is 400 g/mol. The van der Waals surface area contributed by atoms with Crippen LogP contribution in [0.4, 0.5) is 5.69 Å². The van der Waals surface area contributed by atoms with E-state index >= 15 is 0 Å². The molecule has 7 heteroatoms. The van der Waals surface area contributed by atoms with Crippen molar-refractivity contribution < 1.29 is 19.1 Å². The second-order valence-corrected chi connectivity index (χ2v) is 8.07. The number of benzene rings is 2. The van der Waals surface area contributed by atoms with E-state index in [-0.39, 0.29) is 31.1 Å². The van der Waals surface area contributed by atoms with Crippen LogP contribution in [0.2, 0.25) is 0 Å². The van der Waals surface area contributed by atoms with Crippen molar-refractivity contribution in [3.8, 4) is 11.5 Å². The maximum atomic E-state index is 12.7. The minimum Gasteiger partial charge on any atom is -0.454 e. The maximum absolute atomic E-state index is 12.7. The van der Waals surface area contributed by atoms with Gasteiger partial charge in [-0.2, -0.15) is 0 Å². The summed E-state index contributed by atoms with van der Waals surface area (Å²) in [5, 5.41) is 8.18. The lowest BCUT2D eigenvalue weighted by Gasteiger charge is -2.18. The zero-order chi connectivity index (χ0) is 21.1. The minimum absolute atomic E-state index is 0.0855. The number of carbonyl (C=O) groups is 2. The molecule has 0 unspecified atom stereocenters. The van der Waals surface area contributed by atoms with Gasteiger partial charge in [0.05, 0.1) is 18.3 Å². The molecule has 2 aromatic carbocycles. The third-order valence-electron chi connectivity index (χ3n) is 4.87. The molecule has 0 spiro atoms. The van der Waals surface area contributed by atoms with Gasteiger partial charge in [-0.1, -0.05) is 35.9 Å². The Bertz CT molecular complexity index is 1060. The number of hydrogen-bond donors (Lipinski definition) is 2. The van der Waals surface area contributed by atoms with Crippen molar-refractivity contribution in [3.05, 3.63) is 75.5 Å². The van der Waals surface area contributed by atoms with Crippen LogP contribution in [-0.4, -0.2) is 25.0 Å². The second-order valence-electron chi connectivity index (χ2n) is 7.10. The largest absolute Gasteiger partial charge is 0.454 e. The summed E-state index contributed by atoms with van der Waals surface area (Å²) >= 11 is 1.64. The van der Waals surface area contributed by atoms with Crippen molar-refractivity contribution in [1.82, 2.24) is 5.32 Å². The summed E-state index contributed by atoms with van der Waals surface area (Å²) in [6, 6.07) is 15.4. The highest BCUT2D eigenvalue weighted by Crippen LogP contribution is 2.37. The molecule has 4 rings (SSSR count). The summed E-state index contributed by atoms with van der Waals surface area (Å²) in [4.78, 5) is 25.8. The Labute approximate surface area is 178 Å². The number of ketones is 1. The van der Waals surface area contributed by atoms with Gasteiger partial charge in [0.2, 0.25) is 12.7 Å². The van der Waals surface area contributed by atoms with Gasteiger partial charge in [0.25, 0.3) is 0 Å². The molecule has 30 heavy (non-hydrogen) atoms. The average Bonchev–Trinajstić information content (AvgIpc) is 3.40.